The van der Waals surface area contributed by atoms with Crippen molar-refractivity contribution >= 4 is 45.5 Å². The number of benzene rings is 1. The first-order valence-electron chi connectivity index (χ1n) is 9.23. The number of hydrogen-bond acceptors (Lipinski definition) is 6. The molecule has 10 nitrogen and oxygen atoms in total. The average molecular weight is 470 g/mol. The summed E-state index contributed by atoms with van der Waals surface area (Å²) in [5.74, 6) is -0.971. The number of aromatic nitrogens is 3. The van der Waals surface area contributed by atoms with Gasteiger partial charge in [-0.1, -0.05) is 0 Å². The van der Waals surface area contributed by atoms with Gasteiger partial charge in [0.1, 0.15) is 11.5 Å². The van der Waals surface area contributed by atoms with Crippen LogP contribution in [-0.2, 0) is 10.2 Å². The third-order valence-corrected chi connectivity index (χ3v) is 5.55. The highest BCUT2D eigenvalue weighted by Gasteiger charge is 2.24. The van der Waals surface area contributed by atoms with E-state index in [0.717, 1.165) is 0 Å². The SMILES string of the molecule is Cl.NS(=O)(=O)NC1CCN(c2ccc(F)cc2NC(=O)c2cn3ccnc3cn2)CC1. The van der Waals surface area contributed by atoms with Crippen molar-refractivity contribution in [2.24, 2.45) is 5.14 Å². The lowest BCUT2D eigenvalue weighted by Crippen LogP contribution is -2.46. The molecule has 0 bridgehead atoms. The molecule has 1 saturated heterocycles. The molecule has 166 valence electrons. The Bertz CT molecular complexity index is 1200. The molecule has 4 N–H and O–H groups in total. The first-order valence-corrected chi connectivity index (χ1v) is 10.8. The van der Waals surface area contributed by atoms with Crippen LogP contribution in [-0.4, -0.2) is 47.8 Å². The number of anilines is 2. The summed E-state index contributed by atoms with van der Waals surface area (Å²) < 4.78 is 40.4. The number of piperidine rings is 1. The zero-order valence-electron chi connectivity index (χ0n) is 16.2. The molecule has 1 aliphatic heterocycles. The number of carbonyl (C=O) groups is 1. The highest BCUT2D eigenvalue weighted by Crippen LogP contribution is 2.30. The van der Waals surface area contributed by atoms with Gasteiger partial charge in [0.15, 0.2) is 5.65 Å². The smallest absolute Gasteiger partial charge is 0.275 e. The average Bonchev–Trinajstić information content (AvgIpc) is 3.15. The van der Waals surface area contributed by atoms with Crippen LogP contribution in [0.2, 0.25) is 0 Å². The number of fused-ring (bicyclic) bond motifs is 1. The minimum absolute atomic E-state index is 0. The predicted octanol–water partition coefficient (Wildman–Crippen LogP) is 1.30. The topological polar surface area (TPSA) is 135 Å². The van der Waals surface area contributed by atoms with E-state index in [2.05, 4.69) is 20.0 Å². The van der Waals surface area contributed by atoms with Crippen LogP contribution in [0.15, 0.2) is 43.0 Å². The molecule has 13 heteroatoms. The van der Waals surface area contributed by atoms with Crippen molar-refractivity contribution in [2.45, 2.75) is 18.9 Å². The maximum absolute atomic E-state index is 13.9. The Labute approximate surface area is 184 Å². The van der Waals surface area contributed by atoms with Crippen molar-refractivity contribution in [1.29, 1.82) is 0 Å². The van der Waals surface area contributed by atoms with Gasteiger partial charge in [-0.05, 0) is 31.0 Å². The van der Waals surface area contributed by atoms with Gasteiger partial charge in [0.05, 0.1) is 17.6 Å². The minimum Gasteiger partial charge on any atom is -0.370 e. The van der Waals surface area contributed by atoms with E-state index in [0.29, 0.717) is 43.0 Å². The fourth-order valence-electron chi connectivity index (χ4n) is 3.48. The maximum atomic E-state index is 13.9. The molecule has 0 spiro atoms. The Kier molecular flexibility index (Phi) is 6.74. The molecule has 1 aliphatic rings. The molecule has 3 heterocycles. The molecule has 0 aliphatic carbocycles. The Balaban J connectivity index is 0.00000272. The van der Waals surface area contributed by atoms with Gasteiger partial charge in [-0.15, -0.1) is 12.4 Å². The highest BCUT2D eigenvalue weighted by atomic mass is 35.5. The van der Waals surface area contributed by atoms with Crippen molar-refractivity contribution in [2.75, 3.05) is 23.3 Å². The summed E-state index contributed by atoms with van der Waals surface area (Å²) in [6, 6.07) is 3.89. The van der Waals surface area contributed by atoms with E-state index in [1.807, 2.05) is 4.90 Å². The first kappa shape index (κ1) is 22.9. The van der Waals surface area contributed by atoms with Crippen LogP contribution < -0.4 is 20.1 Å². The van der Waals surface area contributed by atoms with E-state index >= 15 is 0 Å². The van der Waals surface area contributed by atoms with Gasteiger partial charge in [-0.2, -0.15) is 13.1 Å². The molecule has 0 saturated carbocycles. The number of amides is 1. The largest absolute Gasteiger partial charge is 0.370 e. The lowest BCUT2D eigenvalue weighted by atomic mass is 10.0. The summed E-state index contributed by atoms with van der Waals surface area (Å²) in [5, 5.41) is 7.76. The number of hydrogen-bond donors (Lipinski definition) is 3. The molecule has 31 heavy (non-hydrogen) atoms. The van der Waals surface area contributed by atoms with Gasteiger partial charge >= 0.3 is 0 Å². The van der Waals surface area contributed by atoms with Crippen LogP contribution >= 0.6 is 12.4 Å². The molecular formula is C18H21ClFN7O3S. The quantitative estimate of drug-likeness (QED) is 0.515. The van der Waals surface area contributed by atoms with E-state index in [-0.39, 0.29) is 24.1 Å². The number of carbonyl (C=O) groups excluding carboxylic acids is 1. The van der Waals surface area contributed by atoms with Gasteiger partial charge in [0, 0.05) is 37.7 Å². The molecule has 0 atom stereocenters. The third-order valence-electron chi connectivity index (χ3n) is 4.89. The Morgan fingerprint density at radius 1 is 1.23 bits per heavy atom. The molecule has 1 fully saturated rings. The molecule has 2 aromatic heterocycles. The van der Waals surface area contributed by atoms with E-state index in [4.69, 9.17) is 5.14 Å². The van der Waals surface area contributed by atoms with E-state index < -0.39 is 21.9 Å². The van der Waals surface area contributed by atoms with Gasteiger partial charge in [0.2, 0.25) is 0 Å². The maximum Gasteiger partial charge on any atom is 0.275 e. The van der Waals surface area contributed by atoms with Gasteiger partial charge < -0.3 is 14.6 Å². The number of rotatable bonds is 5. The fraction of sp³-hybridized carbons (Fsp3) is 0.278. The Hall–Kier alpha value is -2.80. The normalized spacial score (nSPS) is 15.0. The zero-order valence-corrected chi connectivity index (χ0v) is 17.9. The molecule has 4 rings (SSSR count). The predicted molar refractivity (Wildman–Crippen MR) is 116 cm³/mol. The summed E-state index contributed by atoms with van der Waals surface area (Å²) in [6.45, 7) is 1.03. The lowest BCUT2D eigenvalue weighted by molar-refractivity contribution is 0.102. The third kappa shape index (κ3) is 5.47. The second kappa shape index (κ2) is 9.14. The molecule has 1 aromatic carbocycles. The number of halogens is 2. The molecule has 1 amide bonds. The monoisotopic (exact) mass is 469 g/mol. The van der Waals surface area contributed by atoms with E-state index in [1.54, 1.807) is 29.1 Å². The van der Waals surface area contributed by atoms with Crippen molar-refractivity contribution in [1.82, 2.24) is 19.1 Å². The molecular weight excluding hydrogens is 449 g/mol. The number of nitrogens with zero attached hydrogens (tertiary/aromatic N) is 4. The van der Waals surface area contributed by atoms with E-state index in [1.165, 1.54) is 18.3 Å². The standard InChI is InChI=1S/C18H20FN7O3S.ClH/c19-12-1-2-16(25-6-3-13(4-7-25)24-30(20,28)29)14(9-12)23-18(27)15-11-26-8-5-21-17(26)10-22-15;/h1-2,5,8-11,13,24H,3-4,6-7H2,(H,23,27)(H2,20,28,29);1H. The Morgan fingerprint density at radius 2 is 1.97 bits per heavy atom. The van der Waals surface area contributed by atoms with Crippen molar-refractivity contribution in [3.05, 3.63) is 54.5 Å². The lowest BCUT2D eigenvalue weighted by Gasteiger charge is -2.34. The zero-order chi connectivity index (χ0) is 21.3. The number of nitrogens with one attached hydrogen (secondary N) is 2. The first-order chi connectivity index (χ1) is 14.3. The van der Waals surface area contributed by atoms with Crippen LogP contribution in [0.4, 0.5) is 15.8 Å². The van der Waals surface area contributed by atoms with E-state index in [9.17, 15) is 17.6 Å². The number of nitrogens with two attached hydrogens (primary N) is 1. The summed E-state index contributed by atoms with van der Waals surface area (Å²) in [5.41, 5.74) is 1.72. The Morgan fingerprint density at radius 3 is 2.68 bits per heavy atom. The van der Waals surface area contributed by atoms with Gasteiger partial charge in [-0.25, -0.2) is 19.5 Å². The van der Waals surface area contributed by atoms with Crippen molar-refractivity contribution in [3.8, 4) is 0 Å². The minimum atomic E-state index is -3.77. The molecule has 0 unspecified atom stereocenters. The highest BCUT2D eigenvalue weighted by molar-refractivity contribution is 7.87. The summed E-state index contributed by atoms with van der Waals surface area (Å²) in [7, 11) is -3.77. The fourth-order valence-corrected chi connectivity index (χ4v) is 4.18. The second-order valence-corrected chi connectivity index (χ2v) is 8.33. The van der Waals surface area contributed by atoms with Crippen LogP contribution in [0.5, 0.6) is 0 Å². The summed E-state index contributed by atoms with van der Waals surface area (Å²) in [4.78, 5) is 22.8. The molecule has 0 radical (unpaired) electrons. The van der Waals surface area contributed by atoms with Crippen molar-refractivity contribution < 1.29 is 17.6 Å². The van der Waals surface area contributed by atoms with Crippen LogP contribution in [0.25, 0.3) is 5.65 Å². The van der Waals surface area contributed by atoms with Crippen LogP contribution in [0.1, 0.15) is 23.3 Å². The van der Waals surface area contributed by atoms with Gasteiger partial charge in [0.25, 0.3) is 16.1 Å². The van der Waals surface area contributed by atoms with Gasteiger partial charge in [-0.3, -0.25) is 4.79 Å². The summed E-state index contributed by atoms with van der Waals surface area (Å²) in [6.07, 6.45) is 7.37. The van der Waals surface area contributed by atoms with Crippen LogP contribution in [0.3, 0.4) is 0 Å². The molecule has 3 aromatic rings. The second-order valence-electron chi connectivity index (χ2n) is 7.01. The van der Waals surface area contributed by atoms with Crippen LogP contribution in [0, 0.1) is 5.82 Å². The summed E-state index contributed by atoms with van der Waals surface area (Å²) >= 11 is 0. The number of imidazole rings is 1. The van der Waals surface area contributed by atoms with Crippen molar-refractivity contribution in [3.63, 3.8) is 0 Å².